The van der Waals surface area contributed by atoms with E-state index >= 15 is 0 Å². The summed E-state index contributed by atoms with van der Waals surface area (Å²) in [6.07, 6.45) is 4.08. The largest absolute Gasteiger partial charge is 0.387 e. The maximum atomic E-state index is 11.9. The molecule has 0 radical (unpaired) electrons. The molecule has 6 nitrogen and oxygen atoms in total. The number of likely N-dealkylation sites (N-methyl/N-ethyl adjacent to an activating group) is 1. The minimum absolute atomic E-state index is 0.0472. The lowest BCUT2D eigenvalue weighted by Crippen LogP contribution is -2.46. The van der Waals surface area contributed by atoms with Crippen molar-refractivity contribution in [2.24, 2.45) is 0 Å². The first-order chi connectivity index (χ1) is 8.09. The van der Waals surface area contributed by atoms with Crippen molar-refractivity contribution in [2.45, 2.75) is 18.6 Å². The van der Waals surface area contributed by atoms with Gasteiger partial charge in [-0.15, -0.1) is 0 Å². The maximum absolute atomic E-state index is 11.9. The van der Waals surface area contributed by atoms with Crippen LogP contribution < -0.4 is 5.32 Å². The van der Waals surface area contributed by atoms with Gasteiger partial charge in [-0.05, 0) is 19.0 Å². The number of aromatic nitrogens is 2. The van der Waals surface area contributed by atoms with Gasteiger partial charge in [0, 0.05) is 26.0 Å². The normalized spacial score (nSPS) is 23.9. The van der Waals surface area contributed by atoms with Crippen LogP contribution in [0.25, 0.3) is 0 Å². The van der Waals surface area contributed by atoms with Gasteiger partial charge in [-0.25, -0.2) is 0 Å². The fraction of sp³-hybridized carbons (Fsp3) is 0.636. The van der Waals surface area contributed by atoms with Gasteiger partial charge in [0.1, 0.15) is 6.54 Å². The molecule has 1 atom stereocenters. The Hall–Kier alpha value is -1.40. The van der Waals surface area contributed by atoms with Crippen LogP contribution in [0.2, 0.25) is 0 Å². The van der Waals surface area contributed by atoms with Gasteiger partial charge in [-0.1, -0.05) is 0 Å². The topological polar surface area (TPSA) is 70.4 Å². The summed E-state index contributed by atoms with van der Waals surface area (Å²) in [6, 6.07) is 1.78. The van der Waals surface area contributed by atoms with Gasteiger partial charge in [-0.3, -0.25) is 9.48 Å². The molecule has 1 amide bonds. The molecular formula is C11H18N4O2. The van der Waals surface area contributed by atoms with Crippen LogP contribution in [-0.2, 0) is 11.3 Å². The quantitative estimate of drug-likeness (QED) is 0.710. The summed E-state index contributed by atoms with van der Waals surface area (Å²) in [6.45, 7) is 1.93. The first kappa shape index (κ1) is 12.1. The lowest BCUT2D eigenvalue weighted by atomic mass is 10.0. The Bertz CT molecular complexity index is 371. The predicted octanol–water partition coefficient (Wildman–Crippen LogP) is -0.934. The first-order valence-electron chi connectivity index (χ1n) is 5.74. The Balaban J connectivity index is 1.87. The van der Waals surface area contributed by atoms with Crippen molar-refractivity contribution in [1.29, 1.82) is 0 Å². The van der Waals surface area contributed by atoms with E-state index in [0.29, 0.717) is 19.5 Å². The van der Waals surface area contributed by atoms with E-state index in [2.05, 4.69) is 10.4 Å². The molecule has 1 aromatic rings. The summed E-state index contributed by atoms with van der Waals surface area (Å²) in [4.78, 5) is 13.4. The molecule has 6 heteroatoms. The number of carbonyl (C=O) groups excluding carboxylic acids is 1. The summed E-state index contributed by atoms with van der Waals surface area (Å²) in [5, 5.41) is 17.2. The minimum Gasteiger partial charge on any atom is -0.387 e. The second kappa shape index (κ2) is 4.85. The lowest BCUT2D eigenvalue weighted by molar-refractivity contribution is -0.133. The summed E-state index contributed by atoms with van der Waals surface area (Å²) in [5.74, 6) is -0.0472. The van der Waals surface area contributed by atoms with E-state index in [9.17, 15) is 9.90 Å². The van der Waals surface area contributed by atoms with E-state index in [0.717, 1.165) is 6.54 Å². The number of carbonyl (C=O) groups is 1. The number of nitrogens with zero attached hydrogens (tertiary/aromatic N) is 3. The highest BCUT2D eigenvalue weighted by Gasteiger charge is 2.33. The zero-order valence-electron chi connectivity index (χ0n) is 9.96. The Morgan fingerprint density at radius 1 is 1.71 bits per heavy atom. The SMILES string of the molecule is CN(CC1(O)CCNC1)C(=O)Cn1cccn1. The fourth-order valence-corrected chi connectivity index (χ4v) is 2.05. The molecule has 2 rings (SSSR count). The van der Waals surface area contributed by atoms with Crippen molar-refractivity contribution in [3.8, 4) is 0 Å². The first-order valence-corrected chi connectivity index (χ1v) is 5.74. The number of β-amino-alcohol motifs (C(OH)–C–C–N with tert-alkyl or cyclic N) is 1. The Morgan fingerprint density at radius 3 is 3.12 bits per heavy atom. The van der Waals surface area contributed by atoms with E-state index in [4.69, 9.17) is 0 Å². The average Bonchev–Trinajstić information content (AvgIpc) is 2.90. The fourth-order valence-electron chi connectivity index (χ4n) is 2.05. The van der Waals surface area contributed by atoms with Crippen LogP contribution >= 0.6 is 0 Å². The van der Waals surface area contributed by atoms with E-state index < -0.39 is 5.60 Å². The van der Waals surface area contributed by atoms with Gasteiger partial charge >= 0.3 is 0 Å². The Kier molecular flexibility index (Phi) is 3.44. The van der Waals surface area contributed by atoms with E-state index in [1.54, 1.807) is 35.1 Å². The van der Waals surface area contributed by atoms with Crippen molar-refractivity contribution < 1.29 is 9.90 Å². The molecule has 0 saturated carbocycles. The van der Waals surface area contributed by atoms with Crippen LogP contribution in [-0.4, -0.2) is 58.0 Å². The molecule has 1 saturated heterocycles. The van der Waals surface area contributed by atoms with Crippen LogP contribution in [0.5, 0.6) is 0 Å². The van der Waals surface area contributed by atoms with Crippen LogP contribution in [0.4, 0.5) is 0 Å². The van der Waals surface area contributed by atoms with E-state index in [1.165, 1.54) is 0 Å². The Morgan fingerprint density at radius 2 is 2.53 bits per heavy atom. The van der Waals surface area contributed by atoms with Gasteiger partial charge < -0.3 is 15.3 Å². The standard InChI is InChI=1S/C11H18N4O2/c1-14(9-11(17)3-5-12-8-11)10(16)7-15-6-2-4-13-15/h2,4,6,12,17H,3,5,7-9H2,1H3. The molecule has 2 heterocycles. The molecule has 1 fully saturated rings. The smallest absolute Gasteiger partial charge is 0.244 e. The highest BCUT2D eigenvalue weighted by molar-refractivity contribution is 5.75. The van der Waals surface area contributed by atoms with Crippen LogP contribution in [0.3, 0.4) is 0 Å². The lowest BCUT2D eigenvalue weighted by Gasteiger charge is -2.28. The van der Waals surface area contributed by atoms with Crippen molar-refractivity contribution >= 4 is 5.91 Å². The van der Waals surface area contributed by atoms with Crippen molar-refractivity contribution in [3.05, 3.63) is 18.5 Å². The second-order valence-corrected chi connectivity index (χ2v) is 4.60. The maximum Gasteiger partial charge on any atom is 0.244 e. The third-order valence-corrected chi connectivity index (χ3v) is 3.03. The van der Waals surface area contributed by atoms with Crippen LogP contribution in [0.1, 0.15) is 6.42 Å². The number of hydrogen-bond acceptors (Lipinski definition) is 4. The summed E-state index contributed by atoms with van der Waals surface area (Å²) < 4.78 is 1.58. The summed E-state index contributed by atoms with van der Waals surface area (Å²) >= 11 is 0. The molecule has 1 aliphatic heterocycles. The molecule has 0 bridgehead atoms. The van der Waals surface area contributed by atoms with Gasteiger partial charge in [0.15, 0.2) is 0 Å². The molecule has 1 aliphatic rings. The molecule has 0 spiro atoms. The second-order valence-electron chi connectivity index (χ2n) is 4.60. The van der Waals surface area contributed by atoms with Crippen molar-refractivity contribution in [2.75, 3.05) is 26.7 Å². The molecule has 2 N–H and O–H groups in total. The highest BCUT2D eigenvalue weighted by atomic mass is 16.3. The van der Waals surface area contributed by atoms with Gasteiger partial charge in [0.2, 0.25) is 5.91 Å². The monoisotopic (exact) mass is 238 g/mol. The number of amides is 1. The Labute approximate surface area is 100 Å². The van der Waals surface area contributed by atoms with Crippen LogP contribution in [0.15, 0.2) is 18.5 Å². The molecular weight excluding hydrogens is 220 g/mol. The van der Waals surface area contributed by atoms with Crippen molar-refractivity contribution in [1.82, 2.24) is 20.0 Å². The molecule has 94 valence electrons. The minimum atomic E-state index is -0.783. The average molecular weight is 238 g/mol. The molecule has 0 aromatic carbocycles. The predicted molar refractivity (Wildman–Crippen MR) is 62.3 cm³/mol. The highest BCUT2D eigenvalue weighted by Crippen LogP contribution is 2.15. The molecule has 0 aliphatic carbocycles. The molecule has 1 aromatic heterocycles. The third kappa shape index (κ3) is 3.04. The van der Waals surface area contributed by atoms with Gasteiger partial charge in [0.25, 0.3) is 0 Å². The summed E-state index contributed by atoms with van der Waals surface area (Å²) in [7, 11) is 1.71. The number of nitrogens with one attached hydrogen (secondary N) is 1. The molecule has 17 heavy (non-hydrogen) atoms. The summed E-state index contributed by atoms with van der Waals surface area (Å²) in [5.41, 5.74) is -0.783. The zero-order valence-corrected chi connectivity index (χ0v) is 9.96. The van der Waals surface area contributed by atoms with Gasteiger partial charge in [-0.2, -0.15) is 5.10 Å². The third-order valence-electron chi connectivity index (χ3n) is 3.03. The van der Waals surface area contributed by atoms with E-state index in [1.807, 2.05) is 0 Å². The van der Waals surface area contributed by atoms with Crippen LogP contribution in [0, 0.1) is 0 Å². The molecule has 1 unspecified atom stereocenters. The number of rotatable bonds is 4. The number of hydrogen-bond donors (Lipinski definition) is 2. The van der Waals surface area contributed by atoms with E-state index in [-0.39, 0.29) is 12.5 Å². The number of aliphatic hydroxyl groups is 1. The zero-order chi connectivity index (χ0) is 12.3. The van der Waals surface area contributed by atoms with Gasteiger partial charge in [0.05, 0.1) is 12.1 Å². The van der Waals surface area contributed by atoms with Crippen molar-refractivity contribution in [3.63, 3.8) is 0 Å².